The van der Waals surface area contributed by atoms with Crippen molar-refractivity contribution in [1.29, 1.82) is 0 Å². The van der Waals surface area contributed by atoms with Crippen molar-refractivity contribution in [3.8, 4) is 0 Å². The highest BCUT2D eigenvalue weighted by Gasteiger charge is 2.40. The Labute approximate surface area is 132 Å². The maximum Gasteiger partial charge on any atom is 0.150 e. The van der Waals surface area contributed by atoms with Gasteiger partial charge in [0.2, 0.25) is 0 Å². The van der Waals surface area contributed by atoms with Crippen LogP contribution in [0.2, 0.25) is 0 Å². The number of ketones is 1. The minimum absolute atomic E-state index is 0.0319. The average molecular weight is 312 g/mol. The van der Waals surface area contributed by atoms with Gasteiger partial charge in [-0.15, -0.1) is 0 Å². The van der Waals surface area contributed by atoms with Crippen LogP contribution in [0.1, 0.15) is 32.1 Å². The standard InChI is InChI=1S/C16H28N2O2S/c19-15(13-18-7-1-5-17-6-8-18)14-2-9-20-16(12-14)3-10-21-11-4-16/h14,17H,1-13H2. The Hall–Kier alpha value is -0.100. The highest BCUT2D eigenvalue weighted by atomic mass is 32.2. The number of nitrogens with one attached hydrogen (secondary N) is 1. The molecule has 0 amide bonds. The van der Waals surface area contributed by atoms with Crippen LogP contribution in [0.4, 0.5) is 0 Å². The summed E-state index contributed by atoms with van der Waals surface area (Å²) in [5.41, 5.74) is 0.0319. The number of hydrogen-bond acceptors (Lipinski definition) is 5. The summed E-state index contributed by atoms with van der Waals surface area (Å²) in [5.74, 6) is 3.08. The van der Waals surface area contributed by atoms with Crippen LogP contribution >= 0.6 is 11.8 Å². The molecule has 1 unspecified atom stereocenters. The molecule has 1 atom stereocenters. The Morgan fingerprint density at radius 2 is 2.14 bits per heavy atom. The van der Waals surface area contributed by atoms with Gasteiger partial charge in [-0.3, -0.25) is 9.69 Å². The van der Waals surface area contributed by atoms with Crippen LogP contribution < -0.4 is 5.32 Å². The molecule has 3 saturated heterocycles. The quantitative estimate of drug-likeness (QED) is 0.856. The molecule has 3 rings (SSSR count). The summed E-state index contributed by atoms with van der Waals surface area (Å²) in [7, 11) is 0. The molecule has 120 valence electrons. The fraction of sp³-hybridized carbons (Fsp3) is 0.938. The number of carbonyl (C=O) groups is 1. The maximum atomic E-state index is 12.7. The number of nitrogens with zero attached hydrogens (tertiary/aromatic N) is 1. The minimum atomic E-state index is 0.0319. The molecule has 0 aromatic rings. The van der Waals surface area contributed by atoms with E-state index in [1.165, 1.54) is 11.5 Å². The molecule has 0 radical (unpaired) electrons. The topological polar surface area (TPSA) is 41.6 Å². The van der Waals surface area contributed by atoms with Crippen molar-refractivity contribution in [2.45, 2.75) is 37.7 Å². The van der Waals surface area contributed by atoms with Crippen molar-refractivity contribution < 1.29 is 9.53 Å². The third kappa shape index (κ3) is 4.21. The monoisotopic (exact) mass is 312 g/mol. The smallest absolute Gasteiger partial charge is 0.150 e. The van der Waals surface area contributed by atoms with Crippen LogP contribution in [-0.4, -0.2) is 67.1 Å². The second-order valence-corrected chi connectivity index (χ2v) is 7.90. The van der Waals surface area contributed by atoms with Crippen molar-refractivity contribution in [2.75, 3.05) is 50.8 Å². The highest BCUT2D eigenvalue weighted by Crippen LogP contribution is 2.40. The van der Waals surface area contributed by atoms with Gasteiger partial charge in [-0.05, 0) is 56.7 Å². The summed E-state index contributed by atoms with van der Waals surface area (Å²) >= 11 is 2.02. The van der Waals surface area contributed by atoms with E-state index in [-0.39, 0.29) is 11.5 Å². The van der Waals surface area contributed by atoms with Crippen molar-refractivity contribution >= 4 is 17.5 Å². The second kappa shape index (κ2) is 7.44. The Morgan fingerprint density at radius 3 is 3.00 bits per heavy atom. The van der Waals surface area contributed by atoms with E-state index in [2.05, 4.69) is 10.2 Å². The van der Waals surface area contributed by atoms with Crippen molar-refractivity contribution in [3.05, 3.63) is 0 Å². The zero-order valence-electron chi connectivity index (χ0n) is 12.9. The molecule has 1 N–H and O–H groups in total. The van der Waals surface area contributed by atoms with Gasteiger partial charge in [-0.1, -0.05) is 0 Å². The zero-order valence-corrected chi connectivity index (χ0v) is 13.8. The van der Waals surface area contributed by atoms with Gasteiger partial charge in [0, 0.05) is 25.6 Å². The van der Waals surface area contributed by atoms with E-state index in [0.29, 0.717) is 12.3 Å². The first kappa shape index (κ1) is 15.8. The number of rotatable bonds is 3. The summed E-state index contributed by atoms with van der Waals surface area (Å²) in [6, 6.07) is 0. The molecule has 1 spiro atoms. The molecular formula is C16H28N2O2S. The second-order valence-electron chi connectivity index (χ2n) is 6.68. The molecule has 21 heavy (non-hydrogen) atoms. The molecule has 0 aromatic heterocycles. The van der Waals surface area contributed by atoms with E-state index >= 15 is 0 Å². The molecule has 0 aliphatic carbocycles. The number of Topliss-reactive ketones (excluding diaryl/α,β-unsaturated/α-hetero) is 1. The molecule has 3 aliphatic rings. The number of thioether (sulfide) groups is 1. The predicted molar refractivity (Wildman–Crippen MR) is 86.9 cm³/mol. The molecule has 3 fully saturated rings. The maximum absolute atomic E-state index is 12.7. The summed E-state index contributed by atoms with van der Waals surface area (Å²) in [6.45, 7) is 5.60. The first-order valence-electron chi connectivity index (χ1n) is 8.45. The lowest BCUT2D eigenvalue weighted by Crippen LogP contribution is -2.46. The largest absolute Gasteiger partial charge is 0.375 e. The summed E-state index contributed by atoms with van der Waals surface area (Å²) < 4.78 is 6.11. The van der Waals surface area contributed by atoms with Crippen LogP contribution in [0, 0.1) is 5.92 Å². The van der Waals surface area contributed by atoms with Crippen molar-refractivity contribution in [2.24, 2.45) is 5.92 Å². The van der Waals surface area contributed by atoms with Gasteiger partial charge in [0.15, 0.2) is 0 Å². The molecule has 3 heterocycles. The third-order valence-electron chi connectivity index (χ3n) is 5.16. The lowest BCUT2D eigenvalue weighted by Gasteiger charge is -2.43. The Bertz CT molecular complexity index is 345. The zero-order chi connectivity index (χ0) is 14.5. The third-order valence-corrected chi connectivity index (χ3v) is 6.15. The number of hydrogen-bond donors (Lipinski definition) is 1. The van der Waals surface area contributed by atoms with Crippen LogP contribution in [0.3, 0.4) is 0 Å². The van der Waals surface area contributed by atoms with E-state index < -0.39 is 0 Å². The van der Waals surface area contributed by atoms with Crippen molar-refractivity contribution in [3.63, 3.8) is 0 Å². The average Bonchev–Trinajstić information content (AvgIpc) is 2.77. The van der Waals surface area contributed by atoms with Crippen LogP contribution in [0.15, 0.2) is 0 Å². The summed E-state index contributed by atoms with van der Waals surface area (Å²) in [4.78, 5) is 15.0. The summed E-state index contributed by atoms with van der Waals surface area (Å²) in [6.07, 6.45) is 5.32. The van der Waals surface area contributed by atoms with E-state index in [4.69, 9.17) is 4.74 Å². The molecule has 0 saturated carbocycles. The highest BCUT2D eigenvalue weighted by molar-refractivity contribution is 7.99. The Balaban J connectivity index is 1.53. The van der Waals surface area contributed by atoms with Gasteiger partial charge in [-0.25, -0.2) is 0 Å². The van der Waals surface area contributed by atoms with Gasteiger partial charge in [-0.2, -0.15) is 11.8 Å². The van der Waals surface area contributed by atoms with Gasteiger partial charge >= 0.3 is 0 Å². The SMILES string of the molecule is O=C(CN1CCCNCC1)C1CCOC2(CCSCC2)C1. The predicted octanol–water partition coefficient (Wildman–Crippen LogP) is 1.54. The first-order chi connectivity index (χ1) is 10.3. The van der Waals surface area contributed by atoms with E-state index in [9.17, 15) is 4.79 Å². The minimum Gasteiger partial charge on any atom is -0.375 e. The van der Waals surface area contributed by atoms with Crippen LogP contribution in [0.5, 0.6) is 0 Å². The summed E-state index contributed by atoms with van der Waals surface area (Å²) in [5, 5.41) is 3.40. The molecule has 0 bridgehead atoms. The van der Waals surface area contributed by atoms with Gasteiger partial charge in [0.05, 0.1) is 12.1 Å². The fourth-order valence-electron chi connectivity index (χ4n) is 3.80. The van der Waals surface area contributed by atoms with E-state index in [1.54, 1.807) is 0 Å². The van der Waals surface area contributed by atoms with Gasteiger partial charge in [0.25, 0.3) is 0 Å². The molecule has 5 heteroatoms. The molecular weight excluding hydrogens is 284 g/mol. The van der Waals surface area contributed by atoms with Gasteiger partial charge in [0.1, 0.15) is 5.78 Å². The Kier molecular flexibility index (Phi) is 5.60. The number of carbonyl (C=O) groups excluding carboxylic acids is 1. The molecule has 3 aliphatic heterocycles. The van der Waals surface area contributed by atoms with E-state index in [0.717, 1.165) is 64.9 Å². The van der Waals surface area contributed by atoms with Crippen LogP contribution in [0.25, 0.3) is 0 Å². The lowest BCUT2D eigenvalue weighted by molar-refractivity contribution is -0.139. The fourth-order valence-corrected chi connectivity index (χ4v) is 5.04. The lowest BCUT2D eigenvalue weighted by atomic mass is 9.80. The van der Waals surface area contributed by atoms with Crippen LogP contribution in [-0.2, 0) is 9.53 Å². The van der Waals surface area contributed by atoms with Gasteiger partial charge < -0.3 is 10.1 Å². The van der Waals surface area contributed by atoms with Crippen molar-refractivity contribution in [1.82, 2.24) is 10.2 Å². The molecule has 4 nitrogen and oxygen atoms in total. The number of ether oxygens (including phenoxy) is 1. The van der Waals surface area contributed by atoms with E-state index in [1.807, 2.05) is 11.8 Å². The molecule has 0 aromatic carbocycles. The Morgan fingerprint density at radius 1 is 1.29 bits per heavy atom. The normalized spacial score (nSPS) is 31.0. The first-order valence-corrected chi connectivity index (χ1v) is 9.60.